The molecule has 1 aromatic heterocycles. The topological polar surface area (TPSA) is 88.6 Å². The zero-order valence-corrected chi connectivity index (χ0v) is 14.8. The van der Waals surface area contributed by atoms with Gasteiger partial charge < -0.3 is 19.6 Å². The van der Waals surface area contributed by atoms with Crippen molar-refractivity contribution in [1.29, 1.82) is 0 Å². The van der Waals surface area contributed by atoms with E-state index in [0.717, 1.165) is 12.1 Å². The van der Waals surface area contributed by atoms with E-state index in [1.54, 1.807) is 6.07 Å². The number of aromatic amines is 1. The first-order valence-electron chi connectivity index (χ1n) is 8.62. The highest BCUT2D eigenvalue weighted by molar-refractivity contribution is 6.12. The maximum atomic E-state index is 13.1. The number of carboxylic acid groups (broad SMARTS) is 1. The molecule has 0 aliphatic carbocycles. The van der Waals surface area contributed by atoms with Crippen molar-refractivity contribution in [2.75, 3.05) is 13.2 Å². The van der Waals surface area contributed by atoms with Gasteiger partial charge in [-0.15, -0.1) is 0 Å². The fourth-order valence-electron chi connectivity index (χ4n) is 3.28. The lowest BCUT2D eigenvalue weighted by atomic mass is 10.00. The van der Waals surface area contributed by atoms with Gasteiger partial charge in [0.1, 0.15) is 13.2 Å². The highest BCUT2D eigenvalue weighted by Gasteiger charge is 2.32. The number of hydrogen-bond acceptors (Lipinski definition) is 4. The number of aliphatic carboxylic acids is 1. The number of halogens is 3. The number of ketones is 1. The number of nitrogens with one attached hydrogen (secondary N) is 1. The number of ether oxygens (including phenoxy) is 2. The molecule has 2 heterocycles. The van der Waals surface area contributed by atoms with E-state index in [4.69, 9.17) is 9.47 Å². The van der Waals surface area contributed by atoms with Gasteiger partial charge in [-0.05, 0) is 36.4 Å². The zero-order chi connectivity index (χ0) is 20.8. The molecular weight excluding hydrogens is 391 g/mol. The summed E-state index contributed by atoms with van der Waals surface area (Å²) in [4.78, 5) is 27.1. The van der Waals surface area contributed by atoms with E-state index >= 15 is 0 Å². The van der Waals surface area contributed by atoms with Crippen LogP contribution in [0.2, 0.25) is 0 Å². The van der Waals surface area contributed by atoms with Crippen molar-refractivity contribution in [2.45, 2.75) is 12.6 Å². The quantitative estimate of drug-likeness (QED) is 0.645. The third-order valence-corrected chi connectivity index (χ3v) is 4.59. The highest BCUT2D eigenvalue weighted by atomic mass is 19.4. The Balaban J connectivity index is 1.83. The van der Waals surface area contributed by atoms with E-state index in [0.29, 0.717) is 24.7 Å². The molecule has 0 unspecified atom stereocenters. The molecule has 2 N–H and O–H groups in total. The Bertz CT molecular complexity index is 1130. The molecule has 0 spiro atoms. The van der Waals surface area contributed by atoms with Gasteiger partial charge in [-0.25, -0.2) is 0 Å². The van der Waals surface area contributed by atoms with Crippen molar-refractivity contribution in [3.8, 4) is 11.5 Å². The molecule has 6 nitrogen and oxygen atoms in total. The number of hydrogen-bond donors (Lipinski definition) is 2. The van der Waals surface area contributed by atoms with Crippen LogP contribution in [0.4, 0.5) is 13.2 Å². The Morgan fingerprint density at radius 2 is 1.76 bits per heavy atom. The molecule has 0 saturated carbocycles. The van der Waals surface area contributed by atoms with Crippen molar-refractivity contribution in [2.24, 2.45) is 0 Å². The molecule has 0 fully saturated rings. The largest absolute Gasteiger partial charge is 0.486 e. The number of carboxylic acids is 1. The van der Waals surface area contributed by atoms with Gasteiger partial charge in [0.2, 0.25) is 5.78 Å². The standard InChI is InChI=1S/C20H14F3NO5/c21-20(22,23)11-2-3-14-12(8-11)13(9-17(25)26)18(24-14)19(27)10-1-4-15-16(7-10)29-6-5-28-15/h1-4,7-8,24H,5-6,9H2,(H,25,26). The van der Waals surface area contributed by atoms with Gasteiger partial charge in [-0.1, -0.05) is 0 Å². The van der Waals surface area contributed by atoms with Gasteiger partial charge in [-0.2, -0.15) is 13.2 Å². The maximum absolute atomic E-state index is 13.1. The van der Waals surface area contributed by atoms with Crippen molar-refractivity contribution in [1.82, 2.24) is 4.98 Å². The van der Waals surface area contributed by atoms with Crippen LogP contribution in [-0.4, -0.2) is 35.1 Å². The van der Waals surface area contributed by atoms with Crippen LogP contribution < -0.4 is 9.47 Å². The summed E-state index contributed by atoms with van der Waals surface area (Å²) in [7, 11) is 0. The average Bonchev–Trinajstić information content (AvgIpc) is 3.03. The van der Waals surface area contributed by atoms with Crippen LogP contribution in [0.5, 0.6) is 11.5 Å². The molecule has 0 bridgehead atoms. The summed E-state index contributed by atoms with van der Waals surface area (Å²) in [6.07, 6.45) is -5.20. The lowest BCUT2D eigenvalue weighted by Crippen LogP contribution is -2.16. The Kier molecular flexibility index (Phi) is 4.45. The summed E-state index contributed by atoms with van der Waals surface area (Å²) >= 11 is 0. The number of carbonyl (C=O) groups is 2. The minimum atomic E-state index is -4.59. The van der Waals surface area contributed by atoms with Crippen LogP contribution in [0.15, 0.2) is 36.4 Å². The van der Waals surface area contributed by atoms with E-state index in [9.17, 15) is 27.9 Å². The molecule has 0 atom stereocenters. The monoisotopic (exact) mass is 405 g/mol. The Morgan fingerprint density at radius 1 is 1.03 bits per heavy atom. The van der Waals surface area contributed by atoms with Crippen molar-refractivity contribution < 1.29 is 37.3 Å². The molecule has 150 valence electrons. The lowest BCUT2D eigenvalue weighted by Gasteiger charge is -2.18. The second-order valence-corrected chi connectivity index (χ2v) is 6.49. The van der Waals surface area contributed by atoms with Gasteiger partial charge in [0.15, 0.2) is 11.5 Å². The van der Waals surface area contributed by atoms with E-state index in [1.807, 2.05) is 0 Å². The fourth-order valence-corrected chi connectivity index (χ4v) is 3.28. The molecule has 2 aromatic carbocycles. The summed E-state index contributed by atoms with van der Waals surface area (Å²) in [6, 6.07) is 7.43. The van der Waals surface area contributed by atoms with Gasteiger partial charge in [0.05, 0.1) is 17.7 Å². The molecule has 0 amide bonds. The number of fused-ring (bicyclic) bond motifs is 2. The third kappa shape index (κ3) is 3.51. The smallest absolute Gasteiger partial charge is 0.416 e. The molecule has 3 aromatic rings. The molecule has 1 aliphatic rings. The lowest BCUT2D eigenvalue weighted by molar-refractivity contribution is -0.137. The van der Waals surface area contributed by atoms with Gasteiger partial charge in [0, 0.05) is 22.0 Å². The second kappa shape index (κ2) is 6.84. The van der Waals surface area contributed by atoms with Crippen molar-refractivity contribution in [3.63, 3.8) is 0 Å². The van der Waals surface area contributed by atoms with Gasteiger partial charge >= 0.3 is 12.1 Å². The Labute approximate surface area is 161 Å². The highest BCUT2D eigenvalue weighted by Crippen LogP contribution is 2.35. The van der Waals surface area contributed by atoms with Crippen LogP contribution in [0.1, 0.15) is 27.2 Å². The number of alkyl halides is 3. The van der Waals surface area contributed by atoms with Crippen LogP contribution in [0, 0.1) is 0 Å². The van der Waals surface area contributed by atoms with Gasteiger partial charge in [-0.3, -0.25) is 9.59 Å². The predicted molar refractivity (Wildman–Crippen MR) is 95.5 cm³/mol. The summed E-state index contributed by atoms with van der Waals surface area (Å²) in [5, 5.41) is 9.27. The minimum absolute atomic E-state index is 0.00140. The Hall–Kier alpha value is -3.49. The molecule has 0 saturated heterocycles. The predicted octanol–water partition coefficient (Wildman–Crippen LogP) is 3.82. The van der Waals surface area contributed by atoms with Gasteiger partial charge in [0.25, 0.3) is 0 Å². The molecule has 29 heavy (non-hydrogen) atoms. The third-order valence-electron chi connectivity index (χ3n) is 4.59. The van der Waals surface area contributed by atoms with Crippen LogP contribution in [-0.2, 0) is 17.4 Å². The van der Waals surface area contributed by atoms with Crippen molar-refractivity contribution in [3.05, 3.63) is 58.8 Å². The second-order valence-electron chi connectivity index (χ2n) is 6.49. The Morgan fingerprint density at radius 3 is 2.45 bits per heavy atom. The molecule has 4 rings (SSSR count). The summed E-state index contributed by atoms with van der Waals surface area (Å²) < 4.78 is 50.1. The zero-order valence-electron chi connectivity index (χ0n) is 14.8. The SMILES string of the molecule is O=C(O)Cc1c(C(=O)c2ccc3c(c2)OCCO3)[nH]c2ccc(C(F)(F)F)cc12. The first-order valence-corrected chi connectivity index (χ1v) is 8.62. The number of carbonyl (C=O) groups excluding carboxylic acids is 1. The fraction of sp³-hybridized carbons (Fsp3) is 0.200. The number of aromatic nitrogens is 1. The normalized spacial score (nSPS) is 13.5. The summed E-state index contributed by atoms with van der Waals surface area (Å²) in [5.41, 5.74) is -0.551. The average molecular weight is 405 g/mol. The first kappa shape index (κ1) is 18.9. The molecule has 0 radical (unpaired) electrons. The molecule has 9 heteroatoms. The van der Waals surface area contributed by atoms with E-state index in [2.05, 4.69) is 4.98 Å². The number of benzene rings is 2. The maximum Gasteiger partial charge on any atom is 0.416 e. The minimum Gasteiger partial charge on any atom is -0.486 e. The van der Waals surface area contributed by atoms with Crippen molar-refractivity contribution >= 4 is 22.7 Å². The van der Waals surface area contributed by atoms with Crippen LogP contribution in [0.3, 0.4) is 0 Å². The summed E-state index contributed by atoms with van der Waals surface area (Å²) in [5.74, 6) is -0.968. The number of rotatable bonds is 4. The molecule has 1 aliphatic heterocycles. The van der Waals surface area contributed by atoms with Crippen LogP contribution in [0.25, 0.3) is 10.9 Å². The molecular formula is C20H14F3NO5. The number of H-pyrrole nitrogens is 1. The first-order chi connectivity index (χ1) is 13.7. The van der Waals surface area contributed by atoms with E-state index in [-0.39, 0.29) is 27.7 Å². The summed E-state index contributed by atoms with van der Waals surface area (Å²) in [6.45, 7) is 0.703. The van der Waals surface area contributed by atoms with E-state index < -0.39 is 29.9 Å². The van der Waals surface area contributed by atoms with Crippen LogP contribution >= 0.6 is 0 Å². The van der Waals surface area contributed by atoms with E-state index in [1.165, 1.54) is 18.2 Å².